The second kappa shape index (κ2) is 5.83. The Morgan fingerprint density at radius 2 is 2.00 bits per heavy atom. The molecule has 0 spiro atoms. The molecule has 0 bridgehead atoms. The third kappa shape index (κ3) is 3.10. The van der Waals surface area contributed by atoms with Gasteiger partial charge in [-0.15, -0.1) is 0 Å². The summed E-state index contributed by atoms with van der Waals surface area (Å²) in [5.74, 6) is 0. The van der Waals surface area contributed by atoms with Crippen molar-refractivity contribution in [3.63, 3.8) is 0 Å². The van der Waals surface area contributed by atoms with Crippen LogP contribution in [-0.4, -0.2) is 36.7 Å². The highest BCUT2D eigenvalue weighted by Gasteiger charge is 2.28. The van der Waals surface area contributed by atoms with E-state index in [1.165, 1.54) is 11.1 Å². The molecule has 2 rings (SSSR count). The van der Waals surface area contributed by atoms with Crippen LogP contribution in [0.4, 0.5) is 0 Å². The van der Waals surface area contributed by atoms with E-state index in [0.717, 1.165) is 13.1 Å². The number of ether oxygens (including phenoxy) is 1. The van der Waals surface area contributed by atoms with Gasteiger partial charge in [-0.25, -0.2) is 0 Å². The van der Waals surface area contributed by atoms with Crippen LogP contribution < -0.4 is 5.73 Å². The van der Waals surface area contributed by atoms with Gasteiger partial charge in [-0.3, -0.25) is 4.90 Å². The van der Waals surface area contributed by atoms with Crippen molar-refractivity contribution in [2.45, 2.75) is 39.0 Å². The number of benzene rings is 1. The average Bonchev–Trinajstić information content (AvgIpc) is 2.28. The quantitative estimate of drug-likeness (QED) is 0.890. The molecular formula is C15H24N2O. The molecule has 18 heavy (non-hydrogen) atoms. The summed E-state index contributed by atoms with van der Waals surface area (Å²) in [6, 6.07) is 8.96. The van der Waals surface area contributed by atoms with Crippen molar-refractivity contribution >= 4 is 0 Å². The topological polar surface area (TPSA) is 38.5 Å². The molecule has 1 aromatic rings. The maximum Gasteiger partial charge on any atom is 0.0678 e. The minimum atomic E-state index is 0.285. The molecule has 0 aromatic heterocycles. The first kappa shape index (κ1) is 13.5. The number of rotatable bonds is 3. The molecule has 0 aliphatic carbocycles. The van der Waals surface area contributed by atoms with E-state index >= 15 is 0 Å². The Morgan fingerprint density at radius 1 is 1.33 bits per heavy atom. The zero-order chi connectivity index (χ0) is 13.1. The van der Waals surface area contributed by atoms with Gasteiger partial charge in [0.15, 0.2) is 0 Å². The van der Waals surface area contributed by atoms with Crippen LogP contribution in [-0.2, 0) is 4.74 Å². The highest BCUT2D eigenvalue weighted by atomic mass is 16.5. The lowest BCUT2D eigenvalue weighted by molar-refractivity contribution is -0.0799. The number of aryl methyl sites for hydroxylation is 1. The molecule has 1 saturated heterocycles. The Labute approximate surface area is 110 Å². The van der Waals surface area contributed by atoms with E-state index in [1.807, 2.05) is 0 Å². The molecule has 0 radical (unpaired) electrons. The average molecular weight is 248 g/mol. The number of nitrogens with zero attached hydrogens (tertiary/aromatic N) is 1. The fraction of sp³-hybridized carbons (Fsp3) is 0.600. The molecule has 100 valence electrons. The molecule has 3 nitrogen and oxygen atoms in total. The fourth-order valence-corrected chi connectivity index (χ4v) is 2.85. The minimum Gasteiger partial charge on any atom is -0.373 e. The largest absolute Gasteiger partial charge is 0.373 e. The summed E-state index contributed by atoms with van der Waals surface area (Å²) in [5.41, 5.74) is 8.60. The highest BCUT2D eigenvalue weighted by Crippen LogP contribution is 2.24. The molecule has 3 atom stereocenters. The maximum absolute atomic E-state index is 5.99. The second-order valence-electron chi connectivity index (χ2n) is 5.38. The van der Waals surface area contributed by atoms with Crippen LogP contribution in [0.25, 0.3) is 0 Å². The predicted octanol–water partition coefficient (Wildman–Crippen LogP) is 2.10. The lowest BCUT2D eigenvalue weighted by atomic mass is 10.0. The van der Waals surface area contributed by atoms with E-state index in [2.05, 4.69) is 49.9 Å². The molecule has 0 saturated carbocycles. The summed E-state index contributed by atoms with van der Waals surface area (Å²) in [7, 11) is 0. The molecule has 2 N–H and O–H groups in total. The summed E-state index contributed by atoms with van der Waals surface area (Å²) in [5, 5.41) is 0. The molecule has 1 aliphatic heterocycles. The zero-order valence-electron chi connectivity index (χ0n) is 11.6. The number of morpholine rings is 1. The molecule has 3 heteroatoms. The lowest BCUT2D eigenvalue weighted by Crippen LogP contribution is -2.48. The summed E-state index contributed by atoms with van der Waals surface area (Å²) in [4.78, 5) is 2.45. The Hall–Kier alpha value is -0.900. The van der Waals surface area contributed by atoms with Crippen LogP contribution in [0, 0.1) is 6.92 Å². The van der Waals surface area contributed by atoms with Crippen LogP contribution in [0.2, 0.25) is 0 Å². The smallest absolute Gasteiger partial charge is 0.0678 e. The maximum atomic E-state index is 5.99. The molecule has 1 aromatic carbocycles. The van der Waals surface area contributed by atoms with Gasteiger partial charge >= 0.3 is 0 Å². The van der Waals surface area contributed by atoms with Crippen molar-refractivity contribution < 1.29 is 4.74 Å². The van der Waals surface area contributed by atoms with Crippen molar-refractivity contribution in [3.05, 3.63) is 35.4 Å². The zero-order valence-corrected chi connectivity index (χ0v) is 11.6. The molecule has 1 heterocycles. The number of nitrogens with two attached hydrogens (primary N) is 1. The van der Waals surface area contributed by atoms with E-state index in [0.29, 0.717) is 12.6 Å². The normalized spacial score (nSPS) is 27.1. The summed E-state index contributed by atoms with van der Waals surface area (Å²) >= 11 is 0. The van der Waals surface area contributed by atoms with Crippen molar-refractivity contribution in [2.24, 2.45) is 5.73 Å². The van der Waals surface area contributed by atoms with E-state index < -0.39 is 0 Å². The van der Waals surface area contributed by atoms with Gasteiger partial charge in [0, 0.05) is 25.7 Å². The minimum absolute atomic E-state index is 0.285. The van der Waals surface area contributed by atoms with Gasteiger partial charge in [0.05, 0.1) is 12.2 Å². The molecule has 1 aliphatic rings. The third-order valence-electron chi connectivity index (χ3n) is 3.54. The predicted molar refractivity (Wildman–Crippen MR) is 74.6 cm³/mol. The number of hydrogen-bond donors (Lipinski definition) is 1. The van der Waals surface area contributed by atoms with Crippen LogP contribution in [0.15, 0.2) is 24.3 Å². The van der Waals surface area contributed by atoms with Gasteiger partial charge in [0.2, 0.25) is 0 Å². The standard InChI is InChI=1S/C15H24N2O/c1-11-5-4-6-14(7-11)15(8-16)17-9-12(2)18-13(3)10-17/h4-7,12-13,15H,8-10,16H2,1-3H3/t12-,13-,15+/m0/s1. The van der Waals surface area contributed by atoms with Gasteiger partial charge in [-0.2, -0.15) is 0 Å². The van der Waals surface area contributed by atoms with Gasteiger partial charge in [-0.1, -0.05) is 29.8 Å². The van der Waals surface area contributed by atoms with E-state index in [1.54, 1.807) is 0 Å². The third-order valence-corrected chi connectivity index (χ3v) is 3.54. The Morgan fingerprint density at radius 3 is 2.56 bits per heavy atom. The van der Waals surface area contributed by atoms with Crippen molar-refractivity contribution in [3.8, 4) is 0 Å². The summed E-state index contributed by atoms with van der Waals surface area (Å²) in [6.45, 7) is 8.96. The van der Waals surface area contributed by atoms with Crippen molar-refractivity contribution in [2.75, 3.05) is 19.6 Å². The fourth-order valence-electron chi connectivity index (χ4n) is 2.85. The van der Waals surface area contributed by atoms with Crippen LogP contribution in [0.1, 0.15) is 31.0 Å². The molecular weight excluding hydrogens is 224 g/mol. The van der Waals surface area contributed by atoms with E-state index in [9.17, 15) is 0 Å². The summed E-state index contributed by atoms with van der Waals surface area (Å²) in [6.07, 6.45) is 0.570. The van der Waals surface area contributed by atoms with Crippen LogP contribution >= 0.6 is 0 Å². The van der Waals surface area contributed by atoms with Gasteiger partial charge in [0.1, 0.15) is 0 Å². The van der Waals surface area contributed by atoms with Gasteiger partial charge < -0.3 is 10.5 Å². The molecule has 0 unspecified atom stereocenters. The molecule has 0 amide bonds. The van der Waals surface area contributed by atoms with Gasteiger partial charge in [-0.05, 0) is 26.3 Å². The van der Waals surface area contributed by atoms with E-state index in [4.69, 9.17) is 10.5 Å². The van der Waals surface area contributed by atoms with Gasteiger partial charge in [0.25, 0.3) is 0 Å². The van der Waals surface area contributed by atoms with Crippen LogP contribution in [0.5, 0.6) is 0 Å². The first-order valence-electron chi connectivity index (χ1n) is 6.76. The lowest BCUT2D eigenvalue weighted by Gasteiger charge is -2.40. The van der Waals surface area contributed by atoms with E-state index in [-0.39, 0.29) is 12.2 Å². The Bertz CT molecular complexity index is 384. The molecule has 1 fully saturated rings. The van der Waals surface area contributed by atoms with Crippen molar-refractivity contribution in [1.29, 1.82) is 0 Å². The SMILES string of the molecule is Cc1cccc([C@@H](CN)N2C[C@H](C)O[C@@H](C)C2)c1. The monoisotopic (exact) mass is 248 g/mol. The first-order chi connectivity index (χ1) is 8.60. The Kier molecular flexibility index (Phi) is 4.38. The summed E-state index contributed by atoms with van der Waals surface area (Å²) < 4.78 is 5.79. The van der Waals surface area contributed by atoms with Crippen LogP contribution in [0.3, 0.4) is 0 Å². The van der Waals surface area contributed by atoms with Crippen molar-refractivity contribution in [1.82, 2.24) is 4.90 Å². The second-order valence-corrected chi connectivity index (χ2v) is 5.38. The Balaban J connectivity index is 2.17. The highest BCUT2D eigenvalue weighted by molar-refractivity contribution is 5.25. The first-order valence-corrected chi connectivity index (χ1v) is 6.76. The number of hydrogen-bond acceptors (Lipinski definition) is 3.